The predicted molar refractivity (Wildman–Crippen MR) is 51.8 cm³/mol. The van der Waals surface area contributed by atoms with Crippen LogP contribution in [0.25, 0.3) is 0 Å². The standard InChI is InChI=1S/C11H13F3O/c1-2-3-8-15-10-6-4-9(5-7-10)11(12,13)14/h4-7H,2-3,8H2,1H3. The van der Waals surface area contributed by atoms with Crippen molar-refractivity contribution in [1.82, 2.24) is 0 Å². The molecule has 0 fully saturated rings. The van der Waals surface area contributed by atoms with Gasteiger partial charge in [0.25, 0.3) is 0 Å². The highest BCUT2D eigenvalue weighted by atomic mass is 19.4. The monoisotopic (exact) mass is 218 g/mol. The summed E-state index contributed by atoms with van der Waals surface area (Å²) in [6.07, 6.45) is -2.37. The molecule has 0 N–H and O–H groups in total. The zero-order chi connectivity index (χ0) is 11.3. The molecule has 1 aromatic rings. The third-order valence-electron chi connectivity index (χ3n) is 1.95. The highest BCUT2D eigenvalue weighted by molar-refractivity contribution is 5.28. The van der Waals surface area contributed by atoms with Crippen LogP contribution in [0.1, 0.15) is 25.3 Å². The molecule has 0 radical (unpaired) electrons. The summed E-state index contributed by atoms with van der Waals surface area (Å²) < 4.78 is 41.8. The predicted octanol–water partition coefficient (Wildman–Crippen LogP) is 3.88. The van der Waals surface area contributed by atoms with Gasteiger partial charge in [-0.15, -0.1) is 0 Å². The average Bonchev–Trinajstić information content (AvgIpc) is 2.18. The highest BCUT2D eigenvalue weighted by Gasteiger charge is 2.29. The van der Waals surface area contributed by atoms with Crippen LogP contribution in [0.5, 0.6) is 5.75 Å². The van der Waals surface area contributed by atoms with E-state index in [0.29, 0.717) is 12.4 Å². The van der Waals surface area contributed by atoms with Gasteiger partial charge in [-0.3, -0.25) is 0 Å². The molecule has 0 saturated heterocycles. The molecule has 4 heteroatoms. The molecule has 1 rings (SSSR count). The van der Waals surface area contributed by atoms with E-state index in [2.05, 4.69) is 0 Å². The molecule has 0 saturated carbocycles. The molecule has 1 nitrogen and oxygen atoms in total. The van der Waals surface area contributed by atoms with Crippen molar-refractivity contribution in [2.45, 2.75) is 25.9 Å². The number of ether oxygens (including phenoxy) is 1. The van der Waals surface area contributed by atoms with E-state index >= 15 is 0 Å². The second-order valence-electron chi connectivity index (χ2n) is 3.22. The lowest BCUT2D eigenvalue weighted by molar-refractivity contribution is -0.137. The summed E-state index contributed by atoms with van der Waals surface area (Å²) in [7, 11) is 0. The van der Waals surface area contributed by atoms with Crippen molar-refractivity contribution in [1.29, 1.82) is 0 Å². The number of hydrogen-bond donors (Lipinski definition) is 0. The van der Waals surface area contributed by atoms with Gasteiger partial charge in [-0.05, 0) is 30.7 Å². The number of alkyl halides is 3. The van der Waals surface area contributed by atoms with Gasteiger partial charge in [0.05, 0.1) is 12.2 Å². The summed E-state index contributed by atoms with van der Waals surface area (Å²) in [5.74, 6) is 0.483. The Bertz CT molecular complexity index is 290. The Morgan fingerprint density at radius 1 is 1.13 bits per heavy atom. The second-order valence-corrected chi connectivity index (χ2v) is 3.22. The Hall–Kier alpha value is -1.19. The van der Waals surface area contributed by atoms with Crippen LogP contribution in [0.4, 0.5) is 13.2 Å². The number of hydrogen-bond acceptors (Lipinski definition) is 1. The first-order chi connectivity index (χ1) is 7.04. The second kappa shape index (κ2) is 5.05. The van der Waals surface area contributed by atoms with Crippen molar-refractivity contribution >= 4 is 0 Å². The summed E-state index contributed by atoms with van der Waals surface area (Å²) in [6.45, 7) is 2.57. The lowest BCUT2D eigenvalue weighted by atomic mass is 10.2. The molecule has 15 heavy (non-hydrogen) atoms. The normalized spacial score (nSPS) is 11.5. The maximum atomic E-state index is 12.2. The molecule has 0 aliphatic carbocycles. The molecule has 0 heterocycles. The van der Waals surface area contributed by atoms with Crippen LogP contribution in [0.3, 0.4) is 0 Å². The van der Waals surface area contributed by atoms with Gasteiger partial charge in [-0.25, -0.2) is 0 Å². The zero-order valence-corrected chi connectivity index (χ0v) is 8.47. The lowest BCUT2D eigenvalue weighted by Gasteiger charge is -2.08. The molecule has 0 atom stereocenters. The van der Waals surface area contributed by atoms with E-state index in [1.165, 1.54) is 12.1 Å². The largest absolute Gasteiger partial charge is 0.494 e. The third-order valence-corrected chi connectivity index (χ3v) is 1.95. The molecular formula is C11H13F3O. The number of halogens is 3. The minimum absolute atomic E-state index is 0.483. The molecule has 0 aliphatic heterocycles. The number of benzene rings is 1. The van der Waals surface area contributed by atoms with Gasteiger partial charge in [-0.2, -0.15) is 13.2 Å². The van der Waals surface area contributed by atoms with E-state index in [-0.39, 0.29) is 0 Å². The van der Waals surface area contributed by atoms with Crippen LogP contribution >= 0.6 is 0 Å². The fourth-order valence-corrected chi connectivity index (χ4v) is 1.07. The van der Waals surface area contributed by atoms with Gasteiger partial charge < -0.3 is 4.74 Å². The van der Waals surface area contributed by atoms with Crippen molar-refractivity contribution < 1.29 is 17.9 Å². The van der Waals surface area contributed by atoms with Crippen molar-refractivity contribution in [3.8, 4) is 5.75 Å². The van der Waals surface area contributed by atoms with E-state index in [4.69, 9.17) is 4.74 Å². The van der Waals surface area contributed by atoms with E-state index in [1.807, 2.05) is 6.92 Å². The number of unbranched alkanes of at least 4 members (excludes halogenated alkanes) is 1. The topological polar surface area (TPSA) is 9.23 Å². The third kappa shape index (κ3) is 3.81. The van der Waals surface area contributed by atoms with Crippen LogP contribution in [0.2, 0.25) is 0 Å². The van der Waals surface area contributed by atoms with Crippen molar-refractivity contribution in [3.63, 3.8) is 0 Å². The first-order valence-corrected chi connectivity index (χ1v) is 4.84. The average molecular weight is 218 g/mol. The van der Waals surface area contributed by atoms with Crippen LogP contribution in [-0.4, -0.2) is 6.61 Å². The van der Waals surface area contributed by atoms with Gasteiger partial charge >= 0.3 is 6.18 Å². The summed E-state index contributed by atoms with van der Waals surface area (Å²) in [6, 6.07) is 4.75. The summed E-state index contributed by atoms with van der Waals surface area (Å²) in [5.41, 5.74) is -0.648. The van der Waals surface area contributed by atoms with Crippen molar-refractivity contribution in [2.75, 3.05) is 6.61 Å². The van der Waals surface area contributed by atoms with Gasteiger partial charge in [-0.1, -0.05) is 13.3 Å². The Balaban J connectivity index is 2.57. The molecule has 84 valence electrons. The first kappa shape index (κ1) is 11.9. The van der Waals surface area contributed by atoms with Gasteiger partial charge in [0.1, 0.15) is 5.75 Å². The maximum Gasteiger partial charge on any atom is 0.416 e. The van der Waals surface area contributed by atoms with Gasteiger partial charge in [0, 0.05) is 0 Å². The minimum atomic E-state index is -4.28. The Labute approximate surface area is 86.9 Å². The Morgan fingerprint density at radius 3 is 2.20 bits per heavy atom. The first-order valence-electron chi connectivity index (χ1n) is 4.84. The van der Waals surface area contributed by atoms with E-state index < -0.39 is 11.7 Å². The quantitative estimate of drug-likeness (QED) is 0.697. The van der Waals surface area contributed by atoms with E-state index in [0.717, 1.165) is 25.0 Å². The van der Waals surface area contributed by atoms with Crippen LogP contribution in [-0.2, 0) is 6.18 Å². The molecule has 1 aromatic carbocycles. The molecular weight excluding hydrogens is 205 g/mol. The van der Waals surface area contributed by atoms with Crippen molar-refractivity contribution in [3.05, 3.63) is 29.8 Å². The molecule has 0 spiro atoms. The summed E-state index contributed by atoms with van der Waals surface area (Å²) in [4.78, 5) is 0. The zero-order valence-electron chi connectivity index (χ0n) is 8.47. The SMILES string of the molecule is CCCCOc1ccc(C(F)(F)F)cc1. The lowest BCUT2D eigenvalue weighted by Crippen LogP contribution is -2.04. The van der Waals surface area contributed by atoms with Crippen LogP contribution in [0.15, 0.2) is 24.3 Å². The molecule has 0 aromatic heterocycles. The van der Waals surface area contributed by atoms with E-state index in [9.17, 15) is 13.2 Å². The highest BCUT2D eigenvalue weighted by Crippen LogP contribution is 2.30. The summed E-state index contributed by atoms with van der Waals surface area (Å²) in [5, 5.41) is 0. The van der Waals surface area contributed by atoms with Gasteiger partial charge in [0.2, 0.25) is 0 Å². The van der Waals surface area contributed by atoms with E-state index in [1.54, 1.807) is 0 Å². The molecule has 0 bridgehead atoms. The molecule has 0 aliphatic rings. The summed E-state index contributed by atoms with van der Waals surface area (Å²) >= 11 is 0. The molecule has 0 amide bonds. The Morgan fingerprint density at radius 2 is 1.73 bits per heavy atom. The fraction of sp³-hybridized carbons (Fsp3) is 0.455. The van der Waals surface area contributed by atoms with Gasteiger partial charge in [0.15, 0.2) is 0 Å². The van der Waals surface area contributed by atoms with Crippen LogP contribution < -0.4 is 4.74 Å². The van der Waals surface area contributed by atoms with Crippen LogP contribution in [0, 0.1) is 0 Å². The minimum Gasteiger partial charge on any atom is -0.494 e. The maximum absolute atomic E-state index is 12.2. The number of rotatable bonds is 4. The fourth-order valence-electron chi connectivity index (χ4n) is 1.07. The smallest absolute Gasteiger partial charge is 0.416 e. The molecule has 0 unspecified atom stereocenters. The van der Waals surface area contributed by atoms with Crippen molar-refractivity contribution in [2.24, 2.45) is 0 Å². The Kier molecular flexibility index (Phi) is 4.00.